The molecule has 232 valence electrons. The molecule has 3 aromatic rings. The van der Waals surface area contributed by atoms with Crippen LogP contribution < -0.4 is 19.9 Å². The number of amides is 2. The van der Waals surface area contributed by atoms with Crippen molar-refractivity contribution >= 4 is 39.9 Å². The number of aryl methyl sites for hydroxylation is 1. The van der Waals surface area contributed by atoms with Gasteiger partial charge >= 0.3 is 12.0 Å². The predicted octanol–water partition coefficient (Wildman–Crippen LogP) is 4.25. The fourth-order valence-electron chi connectivity index (χ4n) is 6.62. The first-order valence-corrected chi connectivity index (χ1v) is 15.6. The number of hydrogen-bond donors (Lipinski definition) is 1. The normalized spacial score (nSPS) is 20.6. The van der Waals surface area contributed by atoms with Crippen LogP contribution in [0.15, 0.2) is 36.4 Å². The summed E-state index contributed by atoms with van der Waals surface area (Å²) >= 11 is 5.78. The van der Waals surface area contributed by atoms with Crippen LogP contribution in [-0.2, 0) is 13.0 Å². The Hall–Kier alpha value is -4.30. The quantitative estimate of drug-likeness (QED) is 0.282. The molecule has 0 unspecified atom stereocenters. The Balaban J connectivity index is 0.00000368. The summed E-state index contributed by atoms with van der Waals surface area (Å²) < 4.78 is 6.31. The molecule has 1 N–H and O–H groups in total. The number of ether oxygens (including phenoxy) is 1. The van der Waals surface area contributed by atoms with Crippen molar-refractivity contribution in [2.75, 3.05) is 68.6 Å². The molecule has 2 atom stereocenters. The van der Waals surface area contributed by atoms with Gasteiger partial charge < -0.3 is 36.6 Å². The number of hydrogen-bond acceptors (Lipinski definition) is 7. The topological polar surface area (TPSA) is 77.1 Å². The Kier molecular flexibility index (Phi) is 9.06. The van der Waals surface area contributed by atoms with E-state index in [1.54, 1.807) is 4.90 Å². The first-order valence-electron chi connectivity index (χ1n) is 15.1. The van der Waals surface area contributed by atoms with Crippen LogP contribution in [0.25, 0.3) is 10.8 Å². The number of rotatable bonds is 7. The van der Waals surface area contributed by atoms with Crippen LogP contribution in [0.3, 0.4) is 0 Å². The van der Waals surface area contributed by atoms with Crippen molar-refractivity contribution in [3.8, 4) is 6.01 Å². The van der Waals surface area contributed by atoms with E-state index in [1.165, 1.54) is 34.0 Å². The summed E-state index contributed by atoms with van der Waals surface area (Å²) in [5.74, 6) is 1.30. The van der Waals surface area contributed by atoms with Crippen molar-refractivity contribution in [1.82, 2.24) is 25.1 Å². The molecule has 0 radical (unpaired) electrons. The van der Waals surface area contributed by atoms with E-state index in [1.807, 2.05) is 0 Å². The van der Waals surface area contributed by atoms with Gasteiger partial charge in [0, 0.05) is 61.3 Å². The molecule has 1 aromatic heterocycles. The summed E-state index contributed by atoms with van der Waals surface area (Å²) in [7, 11) is 2.15. The Morgan fingerprint density at radius 3 is 2.67 bits per heavy atom. The zero-order valence-corrected chi connectivity index (χ0v) is 28.7. The van der Waals surface area contributed by atoms with Crippen LogP contribution in [0.1, 0.15) is 29.7 Å². The van der Waals surface area contributed by atoms with Gasteiger partial charge in [-0.15, -0.1) is 11.6 Å². The number of alkyl halides is 1. The molecule has 43 heavy (non-hydrogen) atoms. The maximum Gasteiger partial charge on any atom is 0.318 e. The molecule has 0 aliphatic carbocycles. The standard InChI is InChI=1S/C32H41ClN7O2.Cm/c1-22-7-4-8-24-9-5-11-28(29(22)24)38-16-12-26-27(20-38)35-31(42-21-25-10-6-15-37(25)3)36-30(26)39-17-18-40(23(2)19-39)32(41)34-14-13-33;/h4-5,7-9,11,23,25H,2,6,10,12-21H2,1,3H3,(H,34,41);/q-1;/t23-,25-;/m0./s1. The first kappa shape index (κ1) is 30.2. The van der Waals surface area contributed by atoms with Crippen LogP contribution in [0, 0.1) is 13.8 Å². The van der Waals surface area contributed by atoms with Gasteiger partial charge in [-0.1, -0.05) is 36.4 Å². The molecule has 2 aromatic carbocycles. The molecule has 6 rings (SSSR count). The van der Waals surface area contributed by atoms with E-state index >= 15 is 0 Å². The second kappa shape index (κ2) is 12.9. The molecule has 2 saturated heterocycles. The van der Waals surface area contributed by atoms with Crippen molar-refractivity contribution in [3.63, 3.8) is 0 Å². The number of carbonyl (C=O) groups is 1. The molecule has 9 nitrogen and oxygen atoms in total. The van der Waals surface area contributed by atoms with E-state index in [4.69, 9.17) is 26.3 Å². The monoisotopic (exact) mass is 833 g/mol. The fourth-order valence-corrected chi connectivity index (χ4v) is 6.72. The van der Waals surface area contributed by atoms with E-state index < -0.39 is 0 Å². The third-order valence-electron chi connectivity index (χ3n) is 8.94. The first-order chi connectivity index (χ1) is 20.4. The average molecular weight is 838 g/mol. The summed E-state index contributed by atoms with van der Waals surface area (Å²) in [4.78, 5) is 31.5. The zero-order valence-electron chi connectivity index (χ0n) is 25.0. The van der Waals surface area contributed by atoms with Gasteiger partial charge in [0.25, 0.3) is 0 Å². The molecule has 2 amide bonds. The summed E-state index contributed by atoms with van der Waals surface area (Å²) in [5.41, 5.74) is 4.69. The summed E-state index contributed by atoms with van der Waals surface area (Å²) in [6.45, 7) is 12.0. The van der Waals surface area contributed by atoms with Crippen molar-refractivity contribution < 1.29 is 9.53 Å². The zero-order chi connectivity index (χ0) is 29.2. The van der Waals surface area contributed by atoms with Gasteiger partial charge in [0.2, 0.25) is 0 Å². The van der Waals surface area contributed by atoms with E-state index in [-0.39, 0.29) is 12.1 Å². The molecule has 0 spiro atoms. The Labute approximate surface area is 253 Å². The number of likely N-dealkylation sites (tertiary alicyclic amines) is 1. The number of piperazine rings is 1. The second-order valence-electron chi connectivity index (χ2n) is 11.7. The predicted molar refractivity (Wildman–Crippen MR) is 169 cm³/mol. The molecular weight excluding hydrogens is 797 g/mol. The second-order valence-corrected chi connectivity index (χ2v) is 12.1. The molecule has 0 saturated carbocycles. The molecule has 0 bridgehead atoms. The van der Waals surface area contributed by atoms with Gasteiger partial charge in [0.1, 0.15) is 12.4 Å². The number of halogens is 1. The van der Waals surface area contributed by atoms with Gasteiger partial charge in [-0.25, -0.2) is 4.79 Å². The van der Waals surface area contributed by atoms with E-state index in [9.17, 15) is 4.79 Å². The maximum absolute atomic E-state index is 12.7. The minimum Gasteiger partial charge on any atom is -0.462 e. The fraction of sp³-hybridized carbons (Fsp3) is 0.500. The number of benzene rings is 2. The molecular formula is C32H41ClCmN7O2-. The maximum atomic E-state index is 12.7. The van der Waals surface area contributed by atoms with Crippen LogP contribution >= 0.6 is 11.6 Å². The van der Waals surface area contributed by atoms with E-state index in [2.05, 4.69) is 77.3 Å². The van der Waals surface area contributed by atoms with Crippen molar-refractivity contribution in [2.45, 2.75) is 44.8 Å². The third kappa shape index (κ3) is 6.11. The summed E-state index contributed by atoms with van der Waals surface area (Å²) in [6.07, 6.45) is 3.14. The largest absolute Gasteiger partial charge is 0.462 e. The Morgan fingerprint density at radius 1 is 1.12 bits per heavy atom. The number of carbonyl (C=O) groups excluding carboxylic acids is 1. The van der Waals surface area contributed by atoms with Crippen molar-refractivity contribution in [2.24, 2.45) is 0 Å². The van der Waals surface area contributed by atoms with Gasteiger partial charge in [0.15, 0.2) is 0 Å². The number of nitrogens with one attached hydrogen (secondary N) is 1. The Bertz CT molecular complexity index is 1440. The van der Waals surface area contributed by atoms with Gasteiger partial charge in [-0.05, 0) is 56.8 Å². The van der Waals surface area contributed by atoms with Crippen LogP contribution in [0.5, 0.6) is 6.01 Å². The van der Waals surface area contributed by atoms with Gasteiger partial charge in [-0.2, -0.15) is 9.97 Å². The smallest absolute Gasteiger partial charge is 0.318 e. The average Bonchev–Trinajstić information content (AvgIpc) is 3.42. The Morgan fingerprint density at radius 2 is 1.93 bits per heavy atom. The molecule has 2 fully saturated rings. The van der Waals surface area contributed by atoms with Crippen LogP contribution in [0.2, 0.25) is 0 Å². The van der Waals surface area contributed by atoms with Crippen molar-refractivity contribution in [3.05, 3.63) is 60.1 Å². The van der Waals surface area contributed by atoms with Crippen molar-refractivity contribution in [1.29, 1.82) is 0 Å². The molecule has 11 heteroatoms. The van der Waals surface area contributed by atoms with Gasteiger partial charge in [0.05, 0.1) is 12.2 Å². The SMILES string of the molecule is [CH2-][C@H]1CN(c2nc(OC[C@@H]3CCCN3C)nc3c2CCN(c2cccc4cccc(C)c24)C3)CCN1C(=O)NCCCl.[Cm]. The number of urea groups is 1. The van der Waals surface area contributed by atoms with E-state index in [0.717, 1.165) is 37.4 Å². The van der Waals surface area contributed by atoms with Gasteiger partial charge in [-0.3, -0.25) is 0 Å². The number of aromatic nitrogens is 2. The number of fused-ring (bicyclic) bond motifs is 2. The minimum absolute atomic E-state index is 0. The number of anilines is 2. The summed E-state index contributed by atoms with van der Waals surface area (Å²) in [6, 6.07) is 13.5. The number of nitrogens with zero attached hydrogens (tertiary/aromatic N) is 6. The van der Waals surface area contributed by atoms with Crippen LogP contribution in [0.4, 0.5) is 16.3 Å². The molecule has 4 heterocycles. The van der Waals surface area contributed by atoms with Crippen LogP contribution in [-0.4, -0.2) is 96.7 Å². The van der Waals surface area contributed by atoms with E-state index in [0.29, 0.717) is 57.3 Å². The minimum atomic E-state index is -0.213. The third-order valence-corrected chi connectivity index (χ3v) is 9.13. The summed E-state index contributed by atoms with van der Waals surface area (Å²) in [5, 5.41) is 5.42. The molecule has 3 aliphatic heterocycles. The number of likely N-dealkylation sites (N-methyl/N-ethyl adjacent to an activating group) is 1. The molecule has 3 aliphatic rings.